The molecule has 0 radical (unpaired) electrons. The number of carbonyl (C=O) groups is 1. The Morgan fingerprint density at radius 2 is 2.00 bits per heavy atom. The van der Waals surface area contributed by atoms with Crippen molar-refractivity contribution in [2.75, 3.05) is 0 Å². The van der Waals surface area contributed by atoms with Crippen molar-refractivity contribution in [2.24, 2.45) is 5.73 Å². The van der Waals surface area contributed by atoms with E-state index in [1.54, 1.807) is 0 Å². The molecule has 2 heterocycles. The molecule has 3 aliphatic rings. The normalized spacial score (nSPS) is 37.8. The predicted molar refractivity (Wildman–Crippen MR) is 67.1 cm³/mol. The van der Waals surface area contributed by atoms with Crippen LogP contribution in [0.25, 0.3) is 0 Å². The molecule has 3 unspecified atom stereocenters. The molecule has 1 aliphatic carbocycles. The Kier molecular flexibility index (Phi) is 3.66. The maximum atomic E-state index is 12.1. The summed E-state index contributed by atoms with van der Waals surface area (Å²) in [7, 11) is 0. The Hall–Kier alpha value is -0.320. The zero-order valence-corrected chi connectivity index (χ0v) is 10.8. The number of carbonyl (C=O) groups excluding carboxylic acids is 1. The van der Waals surface area contributed by atoms with Crippen LogP contribution < -0.4 is 11.1 Å². The molecule has 3 fully saturated rings. The number of rotatable bonds is 2. The monoisotopic (exact) mass is 260 g/mol. The van der Waals surface area contributed by atoms with Gasteiger partial charge in [0.1, 0.15) is 0 Å². The minimum Gasteiger partial charge on any atom is -0.373 e. The Balaban J connectivity index is 0.00000108. The van der Waals surface area contributed by atoms with Crippen molar-refractivity contribution in [1.29, 1.82) is 0 Å². The van der Waals surface area contributed by atoms with Crippen LogP contribution in [0, 0.1) is 0 Å². The van der Waals surface area contributed by atoms with Crippen LogP contribution in [-0.4, -0.2) is 29.7 Å². The maximum Gasteiger partial charge on any atom is 0.240 e. The Morgan fingerprint density at radius 1 is 1.29 bits per heavy atom. The third-order valence-electron chi connectivity index (χ3n) is 4.37. The zero-order chi connectivity index (χ0) is 11.2. The number of nitrogens with two attached hydrogens (primary N) is 1. The highest BCUT2D eigenvalue weighted by Crippen LogP contribution is 2.35. The number of nitrogens with one attached hydrogen (secondary N) is 1. The topological polar surface area (TPSA) is 64.4 Å². The molecular weight excluding hydrogens is 240 g/mol. The van der Waals surface area contributed by atoms with Crippen LogP contribution in [0.5, 0.6) is 0 Å². The van der Waals surface area contributed by atoms with Crippen molar-refractivity contribution in [3.8, 4) is 0 Å². The molecule has 0 aromatic rings. The summed E-state index contributed by atoms with van der Waals surface area (Å²) in [5.74, 6) is 0.0474. The van der Waals surface area contributed by atoms with Crippen LogP contribution in [0.4, 0.5) is 0 Å². The van der Waals surface area contributed by atoms with E-state index < -0.39 is 5.54 Å². The number of ether oxygens (including phenoxy) is 1. The van der Waals surface area contributed by atoms with Crippen molar-refractivity contribution < 1.29 is 9.53 Å². The van der Waals surface area contributed by atoms with Gasteiger partial charge < -0.3 is 15.8 Å². The third-order valence-corrected chi connectivity index (χ3v) is 4.37. The van der Waals surface area contributed by atoms with Gasteiger partial charge in [0.2, 0.25) is 5.91 Å². The molecule has 17 heavy (non-hydrogen) atoms. The standard InChI is InChI=1S/C12H20N2O2.ClH/c13-12(5-1-2-6-12)11(15)14-9-7-8-3-4-10(9)16-8;/h8-10H,1-7,13H2,(H,14,15);1H. The average molecular weight is 261 g/mol. The highest BCUT2D eigenvalue weighted by atomic mass is 35.5. The largest absolute Gasteiger partial charge is 0.373 e. The Labute approximate surface area is 108 Å². The highest BCUT2D eigenvalue weighted by molar-refractivity contribution is 5.86. The van der Waals surface area contributed by atoms with E-state index in [2.05, 4.69) is 5.32 Å². The van der Waals surface area contributed by atoms with E-state index in [9.17, 15) is 4.79 Å². The summed E-state index contributed by atoms with van der Waals surface area (Å²) >= 11 is 0. The predicted octanol–water partition coefficient (Wildman–Crippen LogP) is 1.12. The van der Waals surface area contributed by atoms with Crippen molar-refractivity contribution in [1.82, 2.24) is 5.32 Å². The fraction of sp³-hybridized carbons (Fsp3) is 0.917. The molecule has 3 N–H and O–H groups in total. The highest BCUT2D eigenvalue weighted by Gasteiger charge is 2.44. The van der Waals surface area contributed by atoms with Crippen LogP contribution in [0.15, 0.2) is 0 Å². The van der Waals surface area contributed by atoms with Gasteiger partial charge in [0.05, 0.1) is 23.8 Å². The summed E-state index contributed by atoms with van der Waals surface area (Å²) in [6, 6.07) is 0.215. The minimum absolute atomic E-state index is 0. The lowest BCUT2D eigenvalue weighted by Gasteiger charge is -2.27. The van der Waals surface area contributed by atoms with Crippen LogP contribution in [0.2, 0.25) is 0 Å². The Morgan fingerprint density at radius 3 is 2.53 bits per heavy atom. The first-order valence-electron chi connectivity index (χ1n) is 6.43. The van der Waals surface area contributed by atoms with Crippen molar-refractivity contribution >= 4 is 18.3 Å². The van der Waals surface area contributed by atoms with Gasteiger partial charge in [-0.1, -0.05) is 12.8 Å². The molecule has 2 aliphatic heterocycles. The first-order chi connectivity index (χ1) is 7.67. The second kappa shape index (κ2) is 4.75. The summed E-state index contributed by atoms with van der Waals surface area (Å²) in [5.41, 5.74) is 5.53. The number of halogens is 1. The van der Waals surface area contributed by atoms with Crippen LogP contribution in [0.3, 0.4) is 0 Å². The molecule has 3 atom stereocenters. The molecule has 1 amide bonds. The van der Waals surface area contributed by atoms with Crippen molar-refractivity contribution in [3.63, 3.8) is 0 Å². The summed E-state index contributed by atoms with van der Waals surface area (Å²) in [4.78, 5) is 12.1. The van der Waals surface area contributed by atoms with Gasteiger partial charge in [-0.3, -0.25) is 4.79 Å². The lowest BCUT2D eigenvalue weighted by molar-refractivity contribution is -0.127. The van der Waals surface area contributed by atoms with Gasteiger partial charge in [-0.05, 0) is 32.1 Å². The summed E-state index contributed by atoms with van der Waals surface area (Å²) in [6.45, 7) is 0. The fourth-order valence-electron chi connectivity index (χ4n) is 3.33. The summed E-state index contributed by atoms with van der Waals surface area (Å²) < 4.78 is 5.73. The molecule has 2 saturated heterocycles. The quantitative estimate of drug-likeness (QED) is 0.782. The molecule has 4 nitrogen and oxygen atoms in total. The van der Waals surface area contributed by atoms with Gasteiger partial charge in [-0.2, -0.15) is 0 Å². The number of amides is 1. The van der Waals surface area contributed by atoms with Gasteiger partial charge in [0, 0.05) is 0 Å². The van der Waals surface area contributed by atoms with E-state index in [1.807, 2.05) is 0 Å². The molecule has 3 rings (SSSR count). The lowest BCUT2D eigenvalue weighted by atomic mass is 9.93. The van der Waals surface area contributed by atoms with Gasteiger partial charge in [-0.15, -0.1) is 12.4 Å². The van der Waals surface area contributed by atoms with E-state index in [-0.39, 0.29) is 30.5 Å². The van der Waals surface area contributed by atoms with Crippen LogP contribution >= 0.6 is 12.4 Å². The second-order valence-corrected chi connectivity index (χ2v) is 5.55. The van der Waals surface area contributed by atoms with Gasteiger partial charge in [-0.25, -0.2) is 0 Å². The van der Waals surface area contributed by atoms with Gasteiger partial charge in [0.25, 0.3) is 0 Å². The van der Waals surface area contributed by atoms with Crippen molar-refractivity contribution in [3.05, 3.63) is 0 Å². The first kappa shape index (κ1) is 13.1. The van der Waals surface area contributed by atoms with E-state index >= 15 is 0 Å². The van der Waals surface area contributed by atoms with E-state index in [1.165, 1.54) is 0 Å². The summed E-state index contributed by atoms with van der Waals surface area (Å²) in [6.07, 6.45) is 7.69. The van der Waals surface area contributed by atoms with E-state index in [0.717, 1.165) is 44.9 Å². The van der Waals surface area contributed by atoms with E-state index in [0.29, 0.717) is 6.10 Å². The van der Waals surface area contributed by atoms with Crippen LogP contribution in [-0.2, 0) is 9.53 Å². The number of hydrogen-bond donors (Lipinski definition) is 2. The van der Waals surface area contributed by atoms with Gasteiger partial charge in [0.15, 0.2) is 0 Å². The molecule has 1 saturated carbocycles. The molecule has 0 spiro atoms. The summed E-state index contributed by atoms with van der Waals surface area (Å²) in [5, 5.41) is 3.10. The number of hydrogen-bond acceptors (Lipinski definition) is 3. The molecule has 2 bridgehead atoms. The van der Waals surface area contributed by atoms with Gasteiger partial charge >= 0.3 is 0 Å². The molecule has 0 aromatic carbocycles. The Bertz CT molecular complexity index is 305. The average Bonchev–Trinajstić information content (AvgIpc) is 2.93. The van der Waals surface area contributed by atoms with E-state index in [4.69, 9.17) is 10.5 Å². The van der Waals surface area contributed by atoms with Crippen LogP contribution in [0.1, 0.15) is 44.9 Å². The minimum atomic E-state index is -0.595. The smallest absolute Gasteiger partial charge is 0.240 e. The zero-order valence-electron chi connectivity index (χ0n) is 9.98. The molecule has 98 valence electrons. The van der Waals surface area contributed by atoms with Crippen molar-refractivity contribution in [2.45, 2.75) is 68.7 Å². The lowest BCUT2D eigenvalue weighted by Crippen LogP contribution is -2.56. The first-order valence-corrected chi connectivity index (χ1v) is 6.43. The molecule has 5 heteroatoms. The second-order valence-electron chi connectivity index (χ2n) is 5.55. The maximum absolute atomic E-state index is 12.1. The SMILES string of the molecule is Cl.NC1(C(=O)NC2CC3CCC2O3)CCCC1. The third kappa shape index (κ3) is 2.30. The fourth-order valence-corrected chi connectivity index (χ4v) is 3.33. The number of fused-ring (bicyclic) bond motifs is 2. The molecule has 0 aromatic heterocycles. The molecular formula is C12H21ClN2O2.